The van der Waals surface area contributed by atoms with Crippen molar-refractivity contribution in [2.45, 2.75) is 76.6 Å². The maximum absolute atomic E-state index is 12.9. The molecule has 1 aliphatic carbocycles. The third-order valence-corrected chi connectivity index (χ3v) is 6.78. The molecule has 3 aliphatic rings. The van der Waals surface area contributed by atoms with Crippen LogP contribution in [0, 0.1) is 0 Å². The molecule has 0 aromatic heterocycles. The Balaban J connectivity index is 1.44. The topological polar surface area (TPSA) is 99.2 Å². The lowest BCUT2D eigenvalue weighted by atomic mass is 10.0. The Morgan fingerprint density at radius 2 is 2.03 bits per heavy atom. The first kappa shape index (κ1) is 22.7. The van der Waals surface area contributed by atoms with Crippen LogP contribution in [0.15, 0.2) is 18.2 Å². The molecule has 2 fully saturated rings. The number of hydrogen-bond acceptors (Lipinski definition) is 6. The fraction of sp³-hybridized carbons (Fsp3) is 0.625. The Labute approximate surface area is 188 Å². The first-order chi connectivity index (χ1) is 15.5. The van der Waals surface area contributed by atoms with Crippen LogP contribution >= 0.6 is 0 Å². The van der Waals surface area contributed by atoms with E-state index in [0.29, 0.717) is 24.6 Å². The van der Waals surface area contributed by atoms with Gasteiger partial charge < -0.3 is 14.7 Å². The van der Waals surface area contributed by atoms with Crippen LogP contribution in [-0.2, 0) is 16.1 Å². The number of amides is 3. The van der Waals surface area contributed by atoms with E-state index in [9.17, 15) is 19.5 Å². The predicted molar refractivity (Wildman–Crippen MR) is 118 cm³/mol. The lowest BCUT2D eigenvalue weighted by Gasteiger charge is -2.33. The number of hydrogen-bond donors (Lipinski definition) is 2. The van der Waals surface area contributed by atoms with Gasteiger partial charge >= 0.3 is 0 Å². The van der Waals surface area contributed by atoms with Gasteiger partial charge in [-0.2, -0.15) is 0 Å². The molecule has 0 radical (unpaired) electrons. The number of imide groups is 1. The molecule has 0 spiro atoms. The second kappa shape index (κ2) is 10.0. The molecule has 8 heteroatoms. The van der Waals surface area contributed by atoms with Gasteiger partial charge in [-0.1, -0.05) is 6.92 Å². The summed E-state index contributed by atoms with van der Waals surface area (Å²) in [6.07, 6.45) is 5.71. The number of piperidine rings is 1. The summed E-state index contributed by atoms with van der Waals surface area (Å²) >= 11 is 0. The highest BCUT2D eigenvalue weighted by Crippen LogP contribution is 2.33. The van der Waals surface area contributed by atoms with Crippen LogP contribution in [0.5, 0.6) is 5.75 Å². The Morgan fingerprint density at radius 3 is 2.78 bits per heavy atom. The summed E-state index contributed by atoms with van der Waals surface area (Å²) in [5, 5.41) is 11.6. The quantitative estimate of drug-likeness (QED) is 0.565. The van der Waals surface area contributed by atoms with Crippen LogP contribution in [-0.4, -0.2) is 70.5 Å². The number of aliphatic hydroxyl groups is 1. The highest BCUT2D eigenvalue weighted by molar-refractivity contribution is 6.05. The predicted octanol–water partition coefficient (Wildman–Crippen LogP) is 1.84. The van der Waals surface area contributed by atoms with Crippen LogP contribution in [0.2, 0.25) is 0 Å². The van der Waals surface area contributed by atoms with Crippen molar-refractivity contribution in [2.24, 2.45) is 0 Å². The average Bonchev–Trinajstić information content (AvgIpc) is 3.35. The Hall–Kier alpha value is -2.45. The highest BCUT2D eigenvalue weighted by Gasteiger charge is 2.39. The molecule has 4 rings (SSSR count). The molecule has 3 atom stereocenters. The third kappa shape index (κ3) is 4.66. The number of nitrogens with one attached hydrogen (secondary N) is 1. The molecule has 1 saturated heterocycles. The second-order valence-electron chi connectivity index (χ2n) is 8.99. The van der Waals surface area contributed by atoms with E-state index in [2.05, 4.69) is 17.1 Å². The van der Waals surface area contributed by atoms with E-state index in [-0.39, 0.29) is 30.9 Å². The summed E-state index contributed by atoms with van der Waals surface area (Å²) in [5.41, 5.74) is 1.46. The van der Waals surface area contributed by atoms with Crippen LogP contribution in [0.3, 0.4) is 0 Å². The Kier molecular flexibility index (Phi) is 7.10. The zero-order valence-electron chi connectivity index (χ0n) is 18.7. The minimum Gasteiger partial charge on any atom is -0.489 e. The number of nitrogens with zero attached hydrogens (tertiary/aromatic N) is 2. The van der Waals surface area contributed by atoms with Crippen molar-refractivity contribution in [3.05, 3.63) is 29.3 Å². The summed E-state index contributed by atoms with van der Waals surface area (Å²) in [5.74, 6) is -0.102. The lowest BCUT2D eigenvalue weighted by Crippen LogP contribution is -2.52. The molecule has 8 nitrogen and oxygen atoms in total. The van der Waals surface area contributed by atoms with Gasteiger partial charge in [0.25, 0.3) is 5.91 Å². The van der Waals surface area contributed by atoms with Crippen molar-refractivity contribution in [3.8, 4) is 5.75 Å². The molecule has 1 aromatic rings. The number of rotatable bonds is 9. The largest absolute Gasteiger partial charge is 0.489 e. The third-order valence-electron chi connectivity index (χ3n) is 6.78. The molecule has 32 heavy (non-hydrogen) atoms. The van der Waals surface area contributed by atoms with Gasteiger partial charge in [0, 0.05) is 37.7 Å². The fourth-order valence-electron chi connectivity index (χ4n) is 5.27. The van der Waals surface area contributed by atoms with Crippen molar-refractivity contribution in [2.75, 3.05) is 19.7 Å². The van der Waals surface area contributed by atoms with Gasteiger partial charge in [-0.25, -0.2) is 0 Å². The van der Waals surface area contributed by atoms with Crippen LogP contribution < -0.4 is 10.1 Å². The van der Waals surface area contributed by atoms with Gasteiger partial charge in [-0.15, -0.1) is 0 Å². The summed E-state index contributed by atoms with van der Waals surface area (Å²) in [6, 6.07) is 5.28. The molecule has 1 aromatic carbocycles. The van der Waals surface area contributed by atoms with Crippen molar-refractivity contribution in [1.82, 2.24) is 15.1 Å². The first-order valence-corrected chi connectivity index (χ1v) is 11.8. The van der Waals surface area contributed by atoms with E-state index in [1.165, 1.54) is 0 Å². The van der Waals surface area contributed by atoms with Crippen LogP contribution in [0.1, 0.15) is 67.8 Å². The summed E-state index contributed by atoms with van der Waals surface area (Å²) in [4.78, 5) is 40.6. The maximum atomic E-state index is 12.9. The number of ether oxygens (including phenoxy) is 1. The van der Waals surface area contributed by atoms with Crippen molar-refractivity contribution < 1.29 is 24.2 Å². The number of benzene rings is 1. The molecule has 1 saturated carbocycles. The maximum Gasteiger partial charge on any atom is 0.255 e. The SMILES string of the molecule is CCCN(CCCO)[C@H]1CCC[C@@H]1Oc1ccc2c(c1)CN(C1CCC(=O)NC1=O)C2=O. The summed E-state index contributed by atoms with van der Waals surface area (Å²) < 4.78 is 6.41. The van der Waals surface area contributed by atoms with Crippen LogP contribution in [0.4, 0.5) is 0 Å². The zero-order valence-corrected chi connectivity index (χ0v) is 18.7. The Bertz CT molecular complexity index is 873. The van der Waals surface area contributed by atoms with E-state index in [1.54, 1.807) is 11.0 Å². The van der Waals surface area contributed by atoms with E-state index in [4.69, 9.17) is 4.74 Å². The Morgan fingerprint density at radius 1 is 1.19 bits per heavy atom. The average molecular weight is 444 g/mol. The molecule has 1 unspecified atom stereocenters. The zero-order chi connectivity index (χ0) is 22.7. The molecular weight excluding hydrogens is 410 g/mol. The molecule has 3 amide bonds. The lowest BCUT2D eigenvalue weighted by molar-refractivity contribution is -0.136. The summed E-state index contributed by atoms with van der Waals surface area (Å²) in [7, 11) is 0. The first-order valence-electron chi connectivity index (χ1n) is 11.8. The highest BCUT2D eigenvalue weighted by atomic mass is 16.5. The normalized spacial score (nSPS) is 25.4. The number of carbonyl (C=O) groups is 3. The fourth-order valence-corrected chi connectivity index (χ4v) is 5.27. The number of fused-ring (bicyclic) bond motifs is 1. The standard InChI is InChI=1S/C24H33N3O5/c1-2-11-26(12-4-13-28)19-5-3-6-21(19)32-17-7-8-18-16(14-17)15-27(24(18)31)20-9-10-22(29)25-23(20)30/h7-8,14,19-21,28H,2-6,9-13,15H2,1H3,(H,25,29,30)/t19-,20?,21-/m0/s1. The minimum absolute atomic E-state index is 0.0848. The smallest absolute Gasteiger partial charge is 0.255 e. The number of carbonyl (C=O) groups excluding carboxylic acids is 3. The van der Waals surface area contributed by atoms with Crippen molar-refractivity contribution >= 4 is 17.7 Å². The van der Waals surface area contributed by atoms with Crippen molar-refractivity contribution in [3.63, 3.8) is 0 Å². The van der Waals surface area contributed by atoms with Gasteiger partial charge in [-0.05, 0) is 68.8 Å². The molecule has 0 bridgehead atoms. The minimum atomic E-state index is -0.606. The van der Waals surface area contributed by atoms with Gasteiger partial charge in [-0.3, -0.25) is 24.6 Å². The second-order valence-corrected chi connectivity index (χ2v) is 8.99. The van der Waals surface area contributed by atoms with Gasteiger partial charge in [0.05, 0.1) is 0 Å². The van der Waals surface area contributed by atoms with Crippen LogP contribution in [0.25, 0.3) is 0 Å². The van der Waals surface area contributed by atoms with Crippen molar-refractivity contribution in [1.29, 1.82) is 0 Å². The number of aliphatic hydroxyl groups excluding tert-OH is 1. The van der Waals surface area contributed by atoms with E-state index >= 15 is 0 Å². The summed E-state index contributed by atoms with van der Waals surface area (Å²) in [6.45, 7) is 4.58. The molecule has 2 heterocycles. The van der Waals surface area contributed by atoms with E-state index in [1.807, 2.05) is 12.1 Å². The monoisotopic (exact) mass is 443 g/mol. The van der Waals surface area contributed by atoms with Gasteiger partial charge in [0.2, 0.25) is 11.8 Å². The molecule has 174 valence electrons. The van der Waals surface area contributed by atoms with Gasteiger partial charge in [0.1, 0.15) is 17.9 Å². The van der Waals surface area contributed by atoms with E-state index < -0.39 is 11.9 Å². The van der Waals surface area contributed by atoms with E-state index in [0.717, 1.165) is 56.5 Å². The molecular formula is C24H33N3O5. The van der Waals surface area contributed by atoms with Gasteiger partial charge in [0.15, 0.2) is 0 Å². The molecule has 2 N–H and O–H groups in total. The molecule has 2 aliphatic heterocycles.